The Kier molecular flexibility index (Phi) is 3.46. The Bertz CT molecular complexity index is 434. The number of aliphatic hydroxyl groups is 1. The van der Waals surface area contributed by atoms with Gasteiger partial charge >= 0.3 is 0 Å². The van der Waals surface area contributed by atoms with Crippen LogP contribution in [0.3, 0.4) is 0 Å². The van der Waals surface area contributed by atoms with Crippen LogP contribution in [0.25, 0.3) is 0 Å². The van der Waals surface area contributed by atoms with Gasteiger partial charge in [-0.3, -0.25) is 0 Å². The topological polar surface area (TPSA) is 41.5 Å². The van der Waals surface area contributed by atoms with Gasteiger partial charge in [0.1, 0.15) is 11.4 Å². The van der Waals surface area contributed by atoms with Crippen molar-refractivity contribution in [2.75, 3.05) is 11.9 Å². The molecule has 1 aromatic carbocycles. The van der Waals surface area contributed by atoms with Gasteiger partial charge in [0.25, 0.3) is 0 Å². The highest BCUT2D eigenvalue weighted by molar-refractivity contribution is 5.44. The highest BCUT2D eigenvalue weighted by atomic mass is 19.1. The minimum Gasteiger partial charge on any atom is -0.385 e. The Labute approximate surface area is 112 Å². The van der Waals surface area contributed by atoms with Crippen molar-refractivity contribution in [3.63, 3.8) is 0 Å². The summed E-state index contributed by atoms with van der Waals surface area (Å²) in [5.74, 6) is -0.244. The summed E-state index contributed by atoms with van der Waals surface area (Å²) in [5.41, 5.74) is 0.0660. The fourth-order valence-electron chi connectivity index (χ4n) is 3.32. The van der Waals surface area contributed by atoms with Crippen molar-refractivity contribution in [3.05, 3.63) is 30.1 Å². The Morgan fingerprint density at radius 2 is 2.00 bits per heavy atom. The largest absolute Gasteiger partial charge is 0.385 e. The van der Waals surface area contributed by atoms with Crippen LogP contribution in [0.2, 0.25) is 0 Å². The Morgan fingerprint density at radius 3 is 2.79 bits per heavy atom. The molecule has 3 rings (SSSR count). The van der Waals surface area contributed by atoms with Gasteiger partial charge in [0.2, 0.25) is 0 Å². The molecule has 4 heteroatoms. The van der Waals surface area contributed by atoms with E-state index in [0.29, 0.717) is 0 Å². The predicted octanol–water partition coefficient (Wildman–Crippen LogP) is 2.70. The molecule has 104 valence electrons. The molecule has 3 atom stereocenters. The van der Waals surface area contributed by atoms with Crippen molar-refractivity contribution in [3.8, 4) is 0 Å². The summed E-state index contributed by atoms with van der Waals surface area (Å²) in [6, 6.07) is 6.28. The molecule has 2 N–H and O–H groups in total. The van der Waals surface area contributed by atoms with E-state index in [1.807, 2.05) is 0 Å². The zero-order chi connectivity index (χ0) is 13.3. The second-order valence-electron chi connectivity index (χ2n) is 5.59. The number of ether oxygens (including phenoxy) is 1. The van der Waals surface area contributed by atoms with E-state index in [9.17, 15) is 9.50 Å². The van der Waals surface area contributed by atoms with E-state index >= 15 is 0 Å². The van der Waals surface area contributed by atoms with E-state index in [2.05, 4.69) is 5.32 Å². The Hall–Kier alpha value is -1.13. The number of halogens is 1. The smallest absolute Gasteiger partial charge is 0.123 e. The third-order valence-corrected chi connectivity index (χ3v) is 4.35. The zero-order valence-corrected chi connectivity index (χ0v) is 10.9. The number of hydrogen-bond acceptors (Lipinski definition) is 3. The van der Waals surface area contributed by atoms with Crippen molar-refractivity contribution in [2.24, 2.45) is 0 Å². The third kappa shape index (κ3) is 2.47. The van der Waals surface area contributed by atoms with Crippen LogP contribution < -0.4 is 5.32 Å². The van der Waals surface area contributed by atoms with E-state index < -0.39 is 5.60 Å². The van der Waals surface area contributed by atoms with Crippen molar-refractivity contribution >= 4 is 5.69 Å². The van der Waals surface area contributed by atoms with E-state index in [-0.39, 0.29) is 18.0 Å². The molecule has 1 unspecified atom stereocenters. The highest BCUT2D eigenvalue weighted by Crippen LogP contribution is 2.39. The van der Waals surface area contributed by atoms with Crippen LogP contribution in [0.4, 0.5) is 10.1 Å². The summed E-state index contributed by atoms with van der Waals surface area (Å²) >= 11 is 0. The van der Waals surface area contributed by atoms with Crippen molar-refractivity contribution in [1.82, 2.24) is 0 Å². The molecule has 1 saturated carbocycles. The summed E-state index contributed by atoms with van der Waals surface area (Å²) in [7, 11) is 0. The lowest BCUT2D eigenvalue weighted by Crippen LogP contribution is -2.60. The highest BCUT2D eigenvalue weighted by Gasteiger charge is 2.48. The normalized spacial score (nSPS) is 34.6. The monoisotopic (exact) mass is 265 g/mol. The van der Waals surface area contributed by atoms with E-state index in [1.54, 1.807) is 12.1 Å². The number of hydrogen-bond donors (Lipinski definition) is 2. The molecule has 0 aromatic heterocycles. The maximum atomic E-state index is 12.9. The summed E-state index contributed by atoms with van der Waals surface area (Å²) in [4.78, 5) is 0. The van der Waals surface area contributed by atoms with Gasteiger partial charge in [-0.05, 0) is 56.4 Å². The van der Waals surface area contributed by atoms with Gasteiger partial charge in [-0.15, -0.1) is 0 Å². The molecule has 1 saturated heterocycles. The fourth-order valence-corrected chi connectivity index (χ4v) is 3.32. The SMILES string of the molecule is O[C@]12CCCO[C@@H]1CCCC2Nc1ccc(F)cc1. The molecule has 0 radical (unpaired) electrons. The summed E-state index contributed by atoms with van der Waals surface area (Å²) < 4.78 is 18.6. The van der Waals surface area contributed by atoms with Crippen LogP contribution in [-0.2, 0) is 4.74 Å². The number of nitrogens with one attached hydrogen (secondary N) is 1. The first kappa shape index (κ1) is 12.9. The quantitative estimate of drug-likeness (QED) is 0.864. The minimum absolute atomic E-state index is 0.0167. The molecule has 0 spiro atoms. The Balaban J connectivity index is 1.77. The van der Waals surface area contributed by atoms with Gasteiger partial charge in [-0.25, -0.2) is 4.39 Å². The van der Waals surface area contributed by atoms with Crippen LogP contribution in [0.15, 0.2) is 24.3 Å². The molecule has 1 aromatic rings. The molecule has 1 aliphatic heterocycles. The molecule has 2 aliphatic rings. The average Bonchev–Trinajstić information content (AvgIpc) is 2.42. The number of anilines is 1. The van der Waals surface area contributed by atoms with Crippen LogP contribution >= 0.6 is 0 Å². The number of rotatable bonds is 2. The van der Waals surface area contributed by atoms with Gasteiger partial charge in [0, 0.05) is 12.3 Å². The lowest BCUT2D eigenvalue weighted by molar-refractivity contribution is -0.168. The lowest BCUT2D eigenvalue weighted by atomic mass is 9.74. The first-order chi connectivity index (χ1) is 9.18. The first-order valence-electron chi connectivity index (χ1n) is 7.04. The first-order valence-corrected chi connectivity index (χ1v) is 7.04. The number of fused-ring (bicyclic) bond motifs is 1. The third-order valence-electron chi connectivity index (χ3n) is 4.35. The molecule has 0 bridgehead atoms. The van der Waals surface area contributed by atoms with Crippen molar-refractivity contribution < 1.29 is 14.2 Å². The molecular formula is C15H20FNO2. The second kappa shape index (κ2) is 5.10. The maximum Gasteiger partial charge on any atom is 0.123 e. The Morgan fingerprint density at radius 1 is 1.21 bits per heavy atom. The summed E-state index contributed by atoms with van der Waals surface area (Å²) in [6.07, 6.45) is 4.51. The number of benzene rings is 1. The minimum atomic E-state index is -0.787. The average molecular weight is 265 g/mol. The van der Waals surface area contributed by atoms with Gasteiger partial charge in [-0.2, -0.15) is 0 Å². The van der Waals surface area contributed by atoms with Crippen molar-refractivity contribution in [1.29, 1.82) is 0 Å². The second-order valence-corrected chi connectivity index (χ2v) is 5.59. The molecular weight excluding hydrogens is 245 g/mol. The fraction of sp³-hybridized carbons (Fsp3) is 0.600. The summed E-state index contributed by atoms with van der Waals surface area (Å²) in [6.45, 7) is 0.746. The van der Waals surface area contributed by atoms with Crippen LogP contribution in [0.5, 0.6) is 0 Å². The molecule has 1 aliphatic carbocycles. The summed E-state index contributed by atoms with van der Waals surface area (Å²) in [5, 5.41) is 14.3. The molecule has 1 heterocycles. The standard InChI is InChI=1S/C15H20FNO2/c16-11-5-7-12(8-6-11)17-13-3-1-4-14-15(13,18)9-2-10-19-14/h5-8,13-14,17-18H,1-4,9-10H2/t13?,14-,15+/m1/s1. The van der Waals surface area contributed by atoms with Crippen molar-refractivity contribution in [2.45, 2.75) is 49.9 Å². The van der Waals surface area contributed by atoms with Gasteiger partial charge < -0.3 is 15.2 Å². The zero-order valence-electron chi connectivity index (χ0n) is 10.9. The van der Waals surface area contributed by atoms with E-state index in [4.69, 9.17) is 4.74 Å². The molecule has 3 nitrogen and oxygen atoms in total. The maximum absolute atomic E-state index is 12.9. The van der Waals surface area contributed by atoms with E-state index in [1.165, 1.54) is 12.1 Å². The van der Waals surface area contributed by atoms with E-state index in [0.717, 1.165) is 44.4 Å². The van der Waals surface area contributed by atoms with Crippen LogP contribution in [0.1, 0.15) is 32.1 Å². The van der Waals surface area contributed by atoms with Gasteiger partial charge in [0.05, 0.1) is 12.1 Å². The molecule has 0 amide bonds. The van der Waals surface area contributed by atoms with Crippen LogP contribution in [-0.4, -0.2) is 29.5 Å². The van der Waals surface area contributed by atoms with Crippen LogP contribution in [0, 0.1) is 5.82 Å². The predicted molar refractivity (Wildman–Crippen MR) is 71.6 cm³/mol. The molecule has 2 fully saturated rings. The van der Waals surface area contributed by atoms with Gasteiger partial charge in [-0.1, -0.05) is 0 Å². The van der Waals surface area contributed by atoms with Gasteiger partial charge in [0.15, 0.2) is 0 Å². The lowest BCUT2D eigenvalue weighted by Gasteiger charge is -2.48. The molecule has 19 heavy (non-hydrogen) atoms.